The minimum absolute atomic E-state index is 0.0377. The number of carbonyl (C=O) groups excluding carboxylic acids is 2. The van der Waals surface area contributed by atoms with Gasteiger partial charge in [0.15, 0.2) is 0 Å². The molecule has 0 aliphatic carbocycles. The number of ether oxygens (including phenoxy) is 11. The highest BCUT2D eigenvalue weighted by Crippen LogP contribution is 1.96. The normalized spacial score (nSPS) is 11.4. The standard InChI is InChI=1S/C41H83N5O15/c1-51-20-21-52-22-23-53-24-25-54-26-27-55-28-29-56-30-31-57-32-33-58-34-35-59-36-37-60-38-39(47)46-14-4-5-19-61-41(50)9-7-13-45-18-16-43-11-3-2-10-42-15-17-44-12-6-8-40(48)49/h42-45H,2-38H2,1H3,(H,46,47)(H,48,49). The molecule has 0 spiro atoms. The van der Waals surface area contributed by atoms with Gasteiger partial charge in [0, 0.05) is 52.7 Å². The Balaban J connectivity index is 3.22. The van der Waals surface area contributed by atoms with Crippen LogP contribution in [0.4, 0.5) is 0 Å². The molecule has 0 saturated heterocycles. The van der Waals surface area contributed by atoms with E-state index in [-0.39, 0.29) is 24.9 Å². The maximum absolute atomic E-state index is 11.9. The second-order valence-corrected chi connectivity index (χ2v) is 13.5. The van der Waals surface area contributed by atoms with Crippen molar-refractivity contribution in [3.8, 4) is 0 Å². The lowest BCUT2D eigenvalue weighted by atomic mass is 10.3. The molecule has 0 aliphatic rings. The Morgan fingerprint density at radius 1 is 0.377 bits per heavy atom. The van der Waals surface area contributed by atoms with Crippen molar-refractivity contribution in [3.05, 3.63) is 0 Å². The van der Waals surface area contributed by atoms with Gasteiger partial charge in [-0.25, -0.2) is 0 Å². The van der Waals surface area contributed by atoms with Gasteiger partial charge in [-0.15, -0.1) is 0 Å². The number of aliphatic carboxylic acids is 1. The van der Waals surface area contributed by atoms with Gasteiger partial charge in [-0.1, -0.05) is 0 Å². The molecular weight excluding hydrogens is 802 g/mol. The van der Waals surface area contributed by atoms with Crippen LogP contribution in [-0.2, 0) is 66.5 Å². The van der Waals surface area contributed by atoms with E-state index in [2.05, 4.69) is 26.6 Å². The third kappa shape index (κ3) is 53.9. The van der Waals surface area contributed by atoms with Crippen molar-refractivity contribution in [2.45, 2.75) is 51.4 Å². The van der Waals surface area contributed by atoms with Gasteiger partial charge < -0.3 is 83.8 Å². The molecular formula is C41H83N5O15. The van der Waals surface area contributed by atoms with E-state index in [9.17, 15) is 14.4 Å². The van der Waals surface area contributed by atoms with Crippen molar-refractivity contribution in [1.82, 2.24) is 26.6 Å². The number of nitrogens with one attached hydrogen (secondary N) is 5. The zero-order chi connectivity index (χ0) is 44.2. The Hall–Kier alpha value is -2.15. The first kappa shape index (κ1) is 58.9. The second kappa shape index (κ2) is 52.2. The fraction of sp³-hybridized carbons (Fsp3) is 0.927. The van der Waals surface area contributed by atoms with Gasteiger partial charge in [0.05, 0.1) is 126 Å². The van der Waals surface area contributed by atoms with Crippen molar-refractivity contribution in [2.75, 3.05) is 198 Å². The van der Waals surface area contributed by atoms with Gasteiger partial charge in [0.1, 0.15) is 6.61 Å². The van der Waals surface area contributed by atoms with Crippen LogP contribution in [-0.4, -0.2) is 221 Å². The predicted octanol–water partition coefficient (Wildman–Crippen LogP) is 0.00540. The Morgan fingerprint density at radius 2 is 0.721 bits per heavy atom. The van der Waals surface area contributed by atoms with Crippen LogP contribution in [0.3, 0.4) is 0 Å². The fourth-order valence-corrected chi connectivity index (χ4v) is 4.91. The van der Waals surface area contributed by atoms with Crippen molar-refractivity contribution in [1.29, 1.82) is 0 Å². The summed E-state index contributed by atoms with van der Waals surface area (Å²) in [6.07, 6.45) is 5.56. The summed E-state index contributed by atoms with van der Waals surface area (Å²) in [5.74, 6) is -1.15. The lowest BCUT2D eigenvalue weighted by Crippen LogP contribution is -2.30. The van der Waals surface area contributed by atoms with Gasteiger partial charge >= 0.3 is 11.9 Å². The first-order valence-corrected chi connectivity index (χ1v) is 22.2. The van der Waals surface area contributed by atoms with Gasteiger partial charge in [0.2, 0.25) is 5.91 Å². The summed E-state index contributed by atoms with van der Waals surface area (Å²) in [4.78, 5) is 34.3. The molecule has 0 bridgehead atoms. The summed E-state index contributed by atoms with van der Waals surface area (Å²) in [6.45, 7) is 16.3. The van der Waals surface area contributed by atoms with E-state index in [0.29, 0.717) is 158 Å². The van der Waals surface area contributed by atoms with Crippen molar-refractivity contribution >= 4 is 17.8 Å². The highest BCUT2D eigenvalue weighted by atomic mass is 16.6. The molecule has 0 aromatic rings. The van der Waals surface area contributed by atoms with E-state index >= 15 is 0 Å². The molecule has 61 heavy (non-hydrogen) atoms. The molecule has 20 heteroatoms. The average molecular weight is 886 g/mol. The quantitative estimate of drug-likeness (QED) is 0.0349. The average Bonchev–Trinajstić information content (AvgIpc) is 3.25. The van der Waals surface area contributed by atoms with Gasteiger partial charge in [-0.05, 0) is 64.7 Å². The summed E-state index contributed by atoms with van der Waals surface area (Å²) in [6, 6.07) is 0. The van der Waals surface area contributed by atoms with Crippen LogP contribution in [0.2, 0.25) is 0 Å². The zero-order valence-corrected chi connectivity index (χ0v) is 37.3. The maximum Gasteiger partial charge on any atom is 0.305 e. The number of hydrogen-bond acceptors (Lipinski definition) is 18. The van der Waals surface area contributed by atoms with Gasteiger partial charge in [-0.3, -0.25) is 14.4 Å². The molecule has 0 heterocycles. The van der Waals surface area contributed by atoms with E-state index in [1.807, 2.05) is 0 Å². The SMILES string of the molecule is COCCOCCOCCOCCOCCOCCOCCOCCOCCOCC(=O)NCCCCOC(=O)CCCNCCNCCCCNCCNCCCC(=O)O. The molecule has 0 rings (SSSR count). The molecule has 0 saturated carbocycles. The Labute approximate surface area is 365 Å². The Kier molecular flexibility index (Phi) is 50.4. The van der Waals surface area contributed by atoms with Crippen molar-refractivity contribution in [3.63, 3.8) is 0 Å². The number of hydrogen-bond donors (Lipinski definition) is 6. The Morgan fingerprint density at radius 3 is 1.11 bits per heavy atom. The maximum atomic E-state index is 11.9. The molecule has 0 fully saturated rings. The van der Waals surface area contributed by atoms with Crippen molar-refractivity contribution in [2.24, 2.45) is 0 Å². The number of methoxy groups -OCH3 is 1. The third-order valence-corrected chi connectivity index (χ3v) is 8.19. The largest absolute Gasteiger partial charge is 0.481 e. The molecule has 0 aliphatic heterocycles. The molecule has 6 N–H and O–H groups in total. The van der Waals surface area contributed by atoms with Crippen LogP contribution >= 0.6 is 0 Å². The fourth-order valence-electron chi connectivity index (χ4n) is 4.91. The molecule has 0 radical (unpaired) electrons. The first-order chi connectivity index (χ1) is 30.1. The zero-order valence-electron chi connectivity index (χ0n) is 37.3. The minimum atomic E-state index is -0.749. The number of carboxylic acid groups (broad SMARTS) is 1. The predicted molar refractivity (Wildman–Crippen MR) is 229 cm³/mol. The Bertz CT molecular complexity index is 933. The lowest BCUT2D eigenvalue weighted by Gasteiger charge is -2.09. The molecule has 1 amide bonds. The molecule has 362 valence electrons. The summed E-state index contributed by atoms with van der Waals surface area (Å²) < 4.78 is 59.0. The minimum Gasteiger partial charge on any atom is -0.481 e. The van der Waals surface area contributed by atoms with E-state index in [1.165, 1.54) is 0 Å². The highest BCUT2D eigenvalue weighted by molar-refractivity contribution is 5.77. The summed E-state index contributed by atoms with van der Waals surface area (Å²) in [5, 5.41) is 24.8. The van der Waals surface area contributed by atoms with E-state index < -0.39 is 5.97 Å². The van der Waals surface area contributed by atoms with Crippen LogP contribution in [0.25, 0.3) is 0 Å². The number of unbranched alkanes of at least 4 members (excludes halogenated alkanes) is 2. The number of amides is 1. The summed E-state index contributed by atoms with van der Waals surface area (Å²) in [5.41, 5.74) is 0. The highest BCUT2D eigenvalue weighted by Gasteiger charge is 2.04. The van der Waals surface area contributed by atoms with Crippen LogP contribution in [0.5, 0.6) is 0 Å². The van der Waals surface area contributed by atoms with Gasteiger partial charge in [-0.2, -0.15) is 0 Å². The van der Waals surface area contributed by atoms with E-state index in [4.69, 9.17) is 57.2 Å². The molecule has 0 unspecified atom stereocenters. The number of esters is 1. The number of carboxylic acids is 1. The molecule has 0 atom stereocenters. The third-order valence-electron chi connectivity index (χ3n) is 8.19. The smallest absolute Gasteiger partial charge is 0.305 e. The van der Waals surface area contributed by atoms with E-state index in [1.54, 1.807) is 7.11 Å². The van der Waals surface area contributed by atoms with E-state index in [0.717, 1.165) is 71.6 Å². The second-order valence-electron chi connectivity index (χ2n) is 13.5. The van der Waals surface area contributed by atoms with Crippen LogP contribution in [0.1, 0.15) is 51.4 Å². The number of carbonyl (C=O) groups is 3. The summed E-state index contributed by atoms with van der Waals surface area (Å²) >= 11 is 0. The molecule has 20 nitrogen and oxygen atoms in total. The molecule has 0 aromatic carbocycles. The first-order valence-electron chi connectivity index (χ1n) is 22.2. The molecule has 0 aromatic heterocycles. The van der Waals surface area contributed by atoms with Crippen molar-refractivity contribution < 1.29 is 71.6 Å². The van der Waals surface area contributed by atoms with Crippen LogP contribution in [0.15, 0.2) is 0 Å². The number of rotatable bonds is 53. The van der Waals surface area contributed by atoms with Crippen LogP contribution < -0.4 is 26.6 Å². The monoisotopic (exact) mass is 886 g/mol. The topological polar surface area (TPSA) is 233 Å². The van der Waals surface area contributed by atoms with Crippen LogP contribution in [0, 0.1) is 0 Å². The lowest BCUT2D eigenvalue weighted by molar-refractivity contribution is -0.144. The van der Waals surface area contributed by atoms with Gasteiger partial charge in [0.25, 0.3) is 0 Å². The summed E-state index contributed by atoms with van der Waals surface area (Å²) in [7, 11) is 1.64.